The number of nitro groups is 1. The highest BCUT2D eigenvalue weighted by Crippen LogP contribution is 2.38. The number of nitro benzene ring substituents is 1. The Morgan fingerprint density at radius 2 is 2.00 bits per heavy atom. The predicted octanol–water partition coefficient (Wildman–Crippen LogP) is 3.32. The molecular weight excluding hydrogens is 334 g/mol. The number of benzene rings is 2. The van der Waals surface area contributed by atoms with Gasteiger partial charge in [-0.15, -0.1) is 0 Å². The van der Waals surface area contributed by atoms with E-state index in [4.69, 9.17) is 0 Å². The number of nitrogens with one attached hydrogen (secondary N) is 1. The molecule has 1 atom stereocenters. The van der Waals surface area contributed by atoms with E-state index in [-0.39, 0.29) is 22.6 Å². The van der Waals surface area contributed by atoms with E-state index in [1.54, 1.807) is 0 Å². The second-order valence-corrected chi connectivity index (χ2v) is 5.83. The Hall–Kier alpha value is -2.87. The van der Waals surface area contributed by atoms with Crippen LogP contribution in [0.2, 0.25) is 0 Å². The lowest BCUT2D eigenvalue weighted by Gasteiger charge is -2.15. The quantitative estimate of drug-likeness (QED) is 0.653. The lowest BCUT2D eigenvalue weighted by Crippen LogP contribution is -2.12. The third-order valence-electron chi connectivity index (χ3n) is 4.31. The van der Waals surface area contributed by atoms with Crippen molar-refractivity contribution in [2.75, 3.05) is 13.1 Å². The van der Waals surface area contributed by atoms with Crippen LogP contribution in [0.3, 0.4) is 0 Å². The lowest BCUT2D eigenvalue weighted by atomic mass is 9.89. The zero-order chi connectivity index (χ0) is 18.1. The van der Waals surface area contributed by atoms with Crippen LogP contribution in [0.5, 0.6) is 0 Å². The molecule has 2 aromatic carbocycles. The van der Waals surface area contributed by atoms with Gasteiger partial charge in [-0.2, -0.15) is 0 Å². The molecule has 0 radical (unpaired) electrons. The highest BCUT2D eigenvalue weighted by atomic mass is 19.1. The normalized spacial score (nSPS) is 16.8. The first-order chi connectivity index (χ1) is 11.9. The number of rotatable bonds is 4. The van der Waals surface area contributed by atoms with Gasteiger partial charge in [-0.05, 0) is 48.7 Å². The number of halogens is 2. The maximum atomic E-state index is 14.1. The van der Waals surface area contributed by atoms with Crippen molar-refractivity contribution in [3.05, 3.63) is 63.2 Å². The number of carboxylic acid groups (broad SMARTS) is 1. The Morgan fingerprint density at radius 3 is 2.60 bits per heavy atom. The second-order valence-electron chi connectivity index (χ2n) is 5.83. The molecule has 130 valence electrons. The Morgan fingerprint density at radius 1 is 1.24 bits per heavy atom. The summed E-state index contributed by atoms with van der Waals surface area (Å²) < 4.78 is 27.6. The van der Waals surface area contributed by atoms with Gasteiger partial charge in [0, 0.05) is 18.2 Å². The summed E-state index contributed by atoms with van der Waals surface area (Å²) in [4.78, 5) is 22.4. The number of nitrogens with zero attached hydrogens (tertiary/aromatic N) is 1. The molecule has 0 bridgehead atoms. The molecule has 2 N–H and O–H groups in total. The molecule has 1 aliphatic heterocycles. The fourth-order valence-electron chi connectivity index (χ4n) is 3.12. The van der Waals surface area contributed by atoms with Gasteiger partial charge < -0.3 is 10.4 Å². The Labute approximate surface area is 141 Å². The van der Waals surface area contributed by atoms with Gasteiger partial charge in [0.15, 0.2) is 0 Å². The first-order valence-corrected chi connectivity index (χ1v) is 7.60. The molecule has 0 saturated carbocycles. The first kappa shape index (κ1) is 17.0. The largest absolute Gasteiger partial charge is 0.478 e. The van der Waals surface area contributed by atoms with Crippen molar-refractivity contribution in [2.24, 2.45) is 0 Å². The topological polar surface area (TPSA) is 92.5 Å². The van der Waals surface area contributed by atoms with Gasteiger partial charge in [-0.3, -0.25) is 10.1 Å². The van der Waals surface area contributed by atoms with E-state index in [1.807, 2.05) is 0 Å². The highest BCUT2D eigenvalue weighted by Gasteiger charge is 2.29. The molecule has 6 nitrogen and oxygen atoms in total. The number of hydrogen-bond acceptors (Lipinski definition) is 4. The molecule has 3 rings (SSSR count). The van der Waals surface area contributed by atoms with Crippen LogP contribution in [-0.4, -0.2) is 29.1 Å². The predicted molar refractivity (Wildman–Crippen MR) is 85.6 cm³/mol. The summed E-state index contributed by atoms with van der Waals surface area (Å²) >= 11 is 0. The van der Waals surface area contributed by atoms with Gasteiger partial charge in [0.05, 0.1) is 16.1 Å². The summed E-state index contributed by atoms with van der Waals surface area (Å²) in [6.07, 6.45) is 0.644. The fraction of sp³-hybridized carbons (Fsp3) is 0.235. The van der Waals surface area contributed by atoms with E-state index in [2.05, 4.69) is 5.32 Å². The van der Waals surface area contributed by atoms with E-state index in [0.717, 1.165) is 24.3 Å². The number of carbonyl (C=O) groups is 1. The molecular formula is C17H14F2N2O4. The molecule has 8 heteroatoms. The average molecular weight is 348 g/mol. The van der Waals surface area contributed by atoms with Crippen LogP contribution in [0.1, 0.15) is 28.3 Å². The van der Waals surface area contributed by atoms with Crippen molar-refractivity contribution in [3.8, 4) is 11.1 Å². The minimum absolute atomic E-state index is 0.141. The molecule has 1 fully saturated rings. The molecule has 0 aromatic heterocycles. The molecule has 1 heterocycles. The monoisotopic (exact) mass is 348 g/mol. The molecule has 1 saturated heterocycles. The number of carboxylic acids is 1. The second kappa shape index (κ2) is 6.56. The smallest absolute Gasteiger partial charge is 0.336 e. The third-order valence-corrected chi connectivity index (χ3v) is 4.31. The summed E-state index contributed by atoms with van der Waals surface area (Å²) in [5.41, 5.74) is -0.862. The van der Waals surface area contributed by atoms with Crippen molar-refractivity contribution < 1.29 is 23.6 Å². The van der Waals surface area contributed by atoms with Gasteiger partial charge in [-0.25, -0.2) is 13.6 Å². The van der Waals surface area contributed by atoms with E-state index in [1.165, 1.54) is 6.07 Å². The van der Waals surface area contributed by atoms with Crippen LogP contribution in [0, 0.1) is 21.7 Å². The van der Waals surface area contributed by atoms with Gasteiger partial charge in [0.2, 0.25) is 0 Å². The summed E-state index contributed by atoms with van der Waals surface area (Å²) in [6, 6.07) is 4.79. The Bertz CT molecular complexity index is 864. The maximum Gasteiger partial charge on any atom is 0.336 e. The Kier molecular flexibility index (Phi) is 4.45. The van der Waals surface area contributed by atoms with Gasteiger partial charge >= 0.3 is 5.97 Å². The molecule has 2 aromatic rings. The van der Waals surface area contributed by atoms with Crippen molar-refractivity contribution in [3.63, 3.8) is 0 Å². The zero-order valence-electron chi connectivity index (χ0n) is 13.0. The molecule has 25 heavy (non-hydrogen) atoms. The van der Waals surface area contributed by atoms with Crippen molar-refractivity contribution in [2.45, 2.75) is 12.3 Å². The Balaban J connectivity index is 2.27. The van der Waals surface area contributed by atoms with Gasteiger partial charge in [0.1, 0.15) is 11.6 Å². The minimum Gasteiger partial charge on any atom is -0.478 e. The van der Waals surface area contributed by atoms with Crippen LogP contribution in [-0.2, 0) is 0 Å². The zero-order valence-corrected chi connectivity index (χ0v) is 13.0. The number of aromatic carboxylic acids is 1. The van der Waals surface area contributed by atoms with Crippen LogP contribution in [0.15, 0.2) is 30.3 Å². The standard InChI is InChI=1S/C17H14F2N2O4/c18-10-1-2-15(19)12(5-10)13-6-14(17(22)23)11(7-16(13)21(24)25)9-3-4-20-8-9/h1-2,5-7,9,20H,3-4,8H2,(H,22,23). The molecule has 0 amide bonds. The highest BCUT2D eigenvalue weighted by molar-refractivity contribution is 5.93. The van der Waals surface area contributed by atoms with Crippen molar-refractivity contribution in [1.82, 2.24) is 5.32 Å². The van der Waals surface area contributed by atoms with Crippen LogP contribution >= 0.6 is 0 Å². The molecule has 1 unspecified atom stereocenters. The number of hydrogen-bond donors (Lipinski definition) is 2. The van der Waals surface area contributed by atoms with E-state index >= 15 is 0 Å². The average Bonchev–Trinajstić information content (AvgIpc) is 3.10. The van der Waals surface area contributed by atoms with E-state index in [0.29, 0.717) is 25.1 Å². The summed E-state index contributed by atoms with van der Waals surface area (Å²) in [7, 11) is 0. The maximum absolute atomic E-state index is 14.1. The summed E-state index contributed by atoms with van der Waals surface area (Å²) in [5.74, 6) is -3.09. The lowest BCUT2D eigenvalue weighted by molar-refractivity contribution is -0.384. The molecule has 0 aliphatic carbocycles. The fourth-order valence-corrected chi connectivity index (χ4v) is 3.12. The van der Waals surface area contributed by atoms with Crippen molar-refractivity contribution in [1.29, 1.82) is 0 Å². The van der Waals surface area contributed by atoms with Crippen LogP contribution in [0.4, 0.5) is 14.5 Å². The first-order valence-electron chi connectivity index (χ1n) is 7.60. The van der Waals surface area contributed by atoms with Crippen LogP contribution in [0.25, 0.3) is 11.1 Å². The third kappa shape index (κ3) is 3.20. The summed E-state index contributed by atoms with van der Waals surface area (Å²) in [6.45, 7) is 1.18. The molecule has 1 aliphatic rings. The van der Waals surface area contributed by atoms with Crippen molar-refractivity contribution >= 4 is 11.7 Å². The van der Waals surface area contributed by atoms with E-state index in [9.17, 15) is 28.8 Å². The van der Waals surface area contributed by atoms with Gasteiger partial charge in [0.25, 0.3) is 5.69 Å². The van der Waals surface area contributed by atoms with Gasteiger partial charge in [-0.1, -0.05) is 0 Å². The van der Waals surface area contributed by atoms with E-state index < -0.39 is 28.2 Å². The SMILES string of the molecule is O=C(O)c1cc(-c2cc(F)ccc2F)c([N+](=O)[O-])cc1C1CCNC1. The minimum atomic E-state index is -1.27. The van der Waals surface area contributed by atoms with Crippen LogP contribution < -0.4 is 5.32 Å². The molecule has 0 spiro atoms. The summed E-state index contributed by atoms with van der Waals surface area (Å²) in [5, 5.41) is 24.0.